The first kappa shape index (κ1) is 11.5. The molecular formula is C15H15BO. The molecule has 1 heterocycles. The largest absolute Gasteiger partial charge is 0.457 e. The van der Waals surface area contributed by atoms with Crippen LogP contribution in [0.2, 0.25) is 6.82 Å². The molecule has 0 radical (unpaired) electrons. The molecule has 0 aliphatic rings. The van der Waals surface area contributed by atoms with Gasteiger partial charge in [0.15, 0.2) is 7.28 Å². The Hall–Kier alpha value is -1.96. The first-order chi connectivity index (χ1) is 8.31. The maximum Gasteiger partial charge on any atom is 0.159 e. The lowest BCUT2D eigenvalue weighted by atomic mass is 9.73. The zero-order valence-electron chi connectivity index (χ0n) is 10.1. The number of furan rings is 1. The van der Waals surface area contributed by atoms with E-state index in [0.717, 1.165) is 29.6 Å². The Balaban J connectivity index is 2.73. The van der Waals surface area contributed by atoms with E-state index in [1.807, 2.05) is 18.2 Å². The molecule has 1 nitrogen and oxygen atoms in total. The summed E-state index contributed by atoms with van der Waals surface area (Å²) < 4.78 is 5.91. The van der Waals surface area contributed by atoms with Gasteiger partial charge in [0, 0.05) is 10.9 Å². The molecule has 0 saturated carbocycles. The quantitative estimate of drug-likeness (QED) is 0.570. The highest BCUT2D eigenvalue weighted by atomic mass is 16.3. The van der Waals surface area contributed by atoms with Crippen LogP contribution in [-0.4, -0.2) is 7.28 Å². The summed E-state index contributed by atoms with van der Waals surface area (Å²) in [5, 5.41) is 1.13. The van der Waals surface area contributed by atoms with Gasteiger partial charge < -0.3 is 4.42 Å². The molecule has 0 fully saturated rings. The summed E-state index contributed by atoms with van der Waals surface area (Å²) in [6.07, 6.45) is 7.37. The van der Waals surface area contributed by atoms with Crippen LogP contribution in [-0.2, 0) is 0 Å². The van der Waals surface area contributed by atoms with Crippen LogP contribution in [0.25, 0.3) is 23.1 Å². The van der Waals surface area contributed by atoms with Crippen LogP contribution in [0.5, 0.6) is 0 Å². The number of benzene rings is 1. The second-order valence-corrected chi connectivity index (χ2v) is 3.83. The van der Waals surface area contributed by atoms with Gasteiger partial charge in [-0.3, -0.25) is 0 Å². The van der Waals surface area contributed by atoms with Gasteiger partial charge in [0.25, 0.3) is 0 Å². The average Bonchev–Trinajstić information content (AvgIpc) is 2.73. The summed E-state index contributed by atoms with van der Waals surface area (Å²) in [5.41, 5.74) is 3.24. The van der Waals surface area contributed by atoms with Crippen molar-refractivity contribution in [2.45, 2.75) is 6.82 Å². The first-order valence-electron chi connectivity index (χ1n) is 5.77. The summed E-state index contributed by atoms with van der Waals surface area (Å²) in [4.78, 5) is 0. The summed E-state index contributed by atoms with van der Waals surface area (Å²) in [6.45, 7) is 9.65. The van der Waals surface area contributed by atoms with Crippen LogP contribution in [0.3, 0.4) is 0 Å². The third kappa shape index (κ3) is 1.98. The minimum Gasteiger partial charge on any atom is -0.457 e. The maximum absolute atomic E-state index is 5.91. The molecule has 0 saturated heterocycles. The van der Waals surface area contributed by atoms with Crippen molar-refractivity contribution in [3.8, 4) is 0 Å². The molecule has 0 aliphatic heterocycles. The molecule has 0 N–H and O–H groups in total. The summed E-state index contributed by atoms with van der Waals surface area (Å²) in [7, 11) is 0.964. The SMILES string of the molecule is C=C/C=C\c1oc2c(BC)cccc2c1C=C. The Morgan fingerprint density at radius 3 is 2.76 bits per heavy atom. The Kier molecular flexibility index (Phi) is 3.33. The Morgan fingerprint density at radius 2 is 2.12 bits per heavy atom. The predicted octanol–water partition coefficient (Wildman–Crippen LogP) is 3.38. The van der Waals surface area contributed by atoms with Crippen molar-refractivity contribution in [3.05, 3.63) is 54.8 Å². The van der Waals surface area contributed by atoms with E-state index < -0.39 is 0 Å². The van der Waals surface area contributed by atoms with E-state index in [-0.39, 0.29) is 0 Å². The van der Waals surface area contributed by atoms with E-state index in [1.54, 1.807) is 6.08 Å². The van der Waals surface area contributed by atoms with Crippen molar-refractivity contribution in [1.82, 2.24) is 0 Å². The van der Waals surface area contributed by atoms with Gasteiger partial charge in [-0.2, -0.15) is 0 Å². The predicted molar refractivity (Wildman–Crippen MR) is 78.2 cm³/mol. The lowest BCUT2D eigenvalue weighted by molar-refractivity contribution is 0.605. The second-order valence-electron chi connectivity index (χ2n) is 3.83. The fourth-order valence-corrected chi connectivity index (χ4v) is 1.98. The van der Waals surface area contributed by atoms with E-state index >= 15 is 0 Å². The van der Waals surface area contributed by atoms with Crippen LogP contribution in [0.1, 0.15) is 11.3 Å². The minimum absolute atomic E-state index is 0.843. The number of rotatable bonds is 4. The number of hydrogen-bond acceptors (Lipinski definition) is 1. The summed E-state index contributed by atoms with van der Waals surface area (Å²) in [6, 6.07) is 6.23. The van der Waals surface area contributed by atoms with E-state index in [0.29, 0.717) is 0 Å². The van der Waals surface area contributed by atoms with Crippen molar-refractivity contribution in [2.75, 3.05) is 0 Å². The average molecular weight is 222 g/mol. The van der Waals surface area contributed by atoms with Crippen LogP contribution >= 0.6 is 0 Å². The van der Waals surface area contributed by atoms with E-state index in [9.17, 15) is 0 Å². The summed E-state index contributed by atoms with van der Waals surface area (Å²) >= 11 is 0. The van der Waals surface area contributed by atoms with Crippen molar-refractivity contribution in [2.24, 2.45) is 0 Å². The van der Waals surface area contributed by atoms with Crippen LogP contribution in [0.15, 0.2) is 47.9 Å². The zero-order chi connectivity index (χ0) is 12.3. The van der Waals surface area contributed by atoms with E-state index in [2.05, 4.69) is 38.2 Å². The lowest BCUT2D eigenvalue weighted by Gasteiger charge is -1.95. The maximum atomic E-state index is 5.91. The molecule has 1 aromatic heterocycles. The highest BCUT2D eigenvalue weighted by molar-refractivity contribution is 6.55. The van der Waals surface area contributed by atoms with Gasteiger partial charge in [-0.15, -0.1) is 0 Å². The normalized spacial score (nSPS) is 10.9. The standard InChI is InChI=1S/C15H15BO/c1-4-6-10-14-11(5-2)12-8-7-9-13(16-3)15(12)17-14/h4-10,16H,1-2H2,3H3/b10-6-. The van der Waals surface area contributed by atoms with Crippen molar-refractivity contribution >= 4 is 35.9 Å². The van der Waals surface area contributed by atoms with Gasteiger partial charge >= 0.3 is 0 Å². The molecule has 0 spiro atoms. The molecule has 0 unspecified atom stereocenters. The highest BCUT2D eigenvalue weighted by Crippen LogP contribution is 2.26. The number of fused-ring (bicyclic) bond motifs is 1. The van der Waals surface area contributed by atoms with Crippen molar-refractivity contribution in [1.29, 1.82) is 0 Å². The molecule has 17 heavy (non-hydrogen) atoms. The molecular weight excluding hydrogens is 207 g/mol. The van der Waals surface area contributed by atoms with Crippen LogP contribution in [0.4, 0.5) is 0 Å². The Morgan fingerprint density at radius 1 is 1.29 bits per heavy atom. The fourth-order valence-electron chi connectivity index (χ4n) is 1.98. The molecule has 0 aliphatic carbocycles. The van der Waals surface area contributed by atoms with Gasteiger partial charge in [-0.25, -0.2) is 0 Å². The third-order valence-electron chi connectivity index (χ3n) is 2.83. The zero-order valence-corrected chi connectivity index (χ0v) is 10.1. The molecule has 1 aromatic carbocycles. The second kappa shape index (κ2) is 4.92. The van der Waals surface area contributed by atoms with E-state index in [4.69, 9.17) is 4.42 Å². The number of hydrogen-bond donors (Lipinski definition) is 0. The minimum atomic E-state index is 0.843. The Labute approximate surface area is 102 Å². The van der Waals surface area contributed by atoms with Crippen LogP contribution in [0, 0.1) is 0 Å². The lowest BCUT2D eigenvalue weighted by Crippen LogP contribution is -2.09. The molecule has 0 amide bonds. The molecule has 84 valence electrons. The van der Waals surface area contributed by atoms with Gasteiger partial charge in [0.1, 0.15) is 11.3 Å². The highest BCUT2D eigenvalue weighted by Gasteiger charge is 2.11. The topological polar surface area (TPSA) is 13.1 Å². The number of allylic oxidation sites excluding steroid dienone is 2. The molecule has 2 rings (SSSR count). The first-order valence-corrected chi connectivity index (χ1v) is 5.77. The smallest absolute Gasteiger partial charge is 0.159 e. The number of para-hydroxylation sites is 1. The van der Waals surface area contributed by atoms with Crippen molar-refractivity contribution in [3.63, 3.8) is 0 Å². The van der Waals surface area contributed by atoms with Gasteiger partial charge in [0.2, 0.25) is 0 Å². The molecule has 0 bridgehead atoms. The monoisotopic (exact) mass is 222 g/mol. The fraction of sp³-hybridized carbons (Fsp3) is 0.0667. The Bertz CT molecular complexity index is 590. The van der Waals surface area contributed by atoms with Gasteiger partial charge in [0.05, 0.1) is 0 Å². The molecule has 2 heteroatoms. The molecule has 2 aromatic rings. The van der Waals surface area contributed by atoms with Gasteiger partial charge in [-0.1, -0.05) is 56.4 Å². The van der Waals surface area contributed by atoms with Crippen molar-refractivity contribution < 1.29 is 4.42 Å². The van der Waals surface area contributed by atoms with Crippen LogP contribution < -0.4 is 5.46 Å². The van der Waals surface area contributed by atoms with E-state index in [1.165, 1.54) is 5.46 Å². The summed E-state index contributed by atoms with van der Waals surface area (Å²) in [5.74, 6) is 0.843. The van der Waals surface area contributed by atoms with Gasteiger partial charge in [-0.05, 0) is 11.5 Å². The third-order valence-corrected chi connectivity index (χ3v) is 2.83. The molecule has 0 atom stereocenters.